The lowest BCUT2D eigenvalue weighted by Crippen LogP contribution is -2.34. The molecule has 0 spiro atoms. The van der Waals surface area contributed by atoms with Gasteiger partial charge in [-0.2, -0.15) is 0 Å². The molecule has 1 aromatic carbocycles. The number of pyridine rings is 1. The van der Waals surface area contributed by atoms with E-state index in [1.54, 1.807) is 6.07 Å². The summed E-state index contributed by atoms with van der Waals surface area (Å²) in [5.41, 5.74) is 2.18. The number of carbonyl (C=O) groups excluding carboxylic acids is 1. The summed E-state index contributed by atoms with van der Waals surface area (Å²) in [5, 5.41) is 2.65. The Morgan fingerprint density at radius 1 is 1.18 bits per heavy atom. The first-order valence-electron chi connectivity index (χ1n) is 9.31. The molecule has 28 heavy (non-hydrogen) atoms. The second-order valence-corrected chi connectivity index (χ2v) is 7.34. The number of hydrogen-bond donors (Lipinski definition) is 1. The summed E-state index contributed by atoms with van der Waals surface area (Å²) in [4.78, 5) is 16.2. The smallest absolute Gasteiger partial charge is 0.407 e. The number of nitrogens with zero attached hydrogens (tertiary/aromatic N) is 1. The molecule has 1 saturated heterocycles. The molecule has 0 unspecified atom stereocenters. The minimum Gasteiger partial charge on any atom is -0.476 e. The van der Waals surface area contributed by atoms with Crippen molar-refractivity contribution in [3.63, 3.8) is 0 Å². The molecule has 150 valence electrons. The van der Waals surface area contributed by atoms with Crippen molar-refractivity contribution in [3.8, 4) is 17.1 Å². The molecule has 1 aromatic heterocycles. The van der Waals surface area contributed by atoms with E-state index in [9.17, 15) is 4.79 Å². The summed E-state index contributed by atoms with van der Waals surface area (Å²) >= 11 is 0. The maximum absolute atomic E-state index is 11.6. The van der Waals surface area contributed by atoms with Crippen LogP contribution < -0.4 is 10.1 Å². The average Bonchev–Trinajstić information content (AvgIpc) is 3.19. The average molecular weight is 386 g/mol. The molecule has 3 rings (SSSR count). The van der Waals surface area contributed by atoms with Gasteiger partial charge in [-0.1, -0.05) is 24.3 Å². The molecule has 7 nitrogen and oxygen atoms in total. The highest BCUT2D eigenvalue weighted by atomic mass is 16.7. The largest absolute Gasteiger partial charge is 0.476 e. The molecule has 0 saturated carbocycles. The predicted octanol–water partition coefficient (Wildman–Crippen LogP) is 3.70. The van der Waals surface area contributed by atoms with Crippen LogP contribution in [0.5, 0.6) is 5.88 Å². The number of hydrogen-bond acceptors (Lipinski definition) is 6. The van der Waals surface area contributed by atoms with Gasteiger partial charge in [-0.25, -0.2) is 9.78 Å². The van der Waals surface area contributed by atoms with Crippen LogP contribution in [0.1, 0.15) is 32.6 Å². The number of nitrogens with one attached hydrogen (secondary N) is 1. The van der Waals surface area contributed by atoms with E-state index in [-0.39, 0.29) is 6.29 Å². The van der Waals surface area contributed by atoms with Crippen molar-refractivity contribution in [3.05, 3.63) is 48.0 Å². The van der Waals surface area contributed by atoms with Gasteiger partial charge in [0.25, 0.3) is 0 Å². The van der Waals surface area contributed by atoms with Crippen LogP contribution in [0.15, 0.2) is 42.5 Å². The van der Waals surface area contributed by atoms with E-state index in [2.05, 4.69) is 10.3 Å². The number of benzene rings is 1. The van der Waals surface area contributed by atoms with Gasteiger partial charge in [0.2, 0.25) is 5.88 Å². The summed E-state index contributed by atoms with van der Waals surface area (Å²) in [6.45, 7) is 7.28. The Morgan fingerprint density at radius 3 is 2.68 bits per heavy atom. The molecule has 0 radical (unpaired) electrons. The van der Waals surface area contributed by atoms with E-state index in [0.29, 0.717) is 32.2 Å². The van der Waals surface area contributed by atoms with Gasteiger partial charge in [-0.05, 0) is 32.9 Å². The molecule has 1 aliphatic rings. The molecular formula is C21H26N2O5. The maximum atomic E-state index is 11.6. The van der Waals surface area contributed by atoms with Crippen molar-refractivity contribution in [2.75, 3.05) is 26.4 Å². The predicted molar refractivity (Wildman–Crippen MR) is 104 cm³/mol. The first-order chi connectivity index (χ1) is 13.4. The van der Waals surface area contributed by atoms with Gasteiger partial charge in [-0.3, -0.25) is 0 Å². The standard InChI is InChI=1S/C21H26N2O5/c1-21(2,3)28-20(24)22-10-11-25-18-9-5-8-17(23-18)15-6-4-7-16(14-15)19-26-12-13-27-19/h4-9,14,19H,10-13H2,1-3H3,(H,22,24). The number of alkyl carbamates (subject to hydrolysis) is 1. The van der Waals surface area contributed by atoms with E-state index >= 15 is 0 Å². The quantitative estimate of drug-likeness (QED) is 0.763. The first kappa shape index (κ1) is 20.1. The summed E-state index contributed by atoms with van der Waals surface area (Å²) < 4.78 is 21.9. The molecule has 1 aliphatic heterocycles. The van der Waals surface area contributed by atoms with Crippen molar-refractivity contribution < 1.29 is 23.7 Å². The fourth-order valence-electron chi connectivity index (χ4n) is 2.67. The Hall–Kier alpha value is -2.64. The summed E-state index contributed by atoms with van der Waals surface area (Å²) in [7, 11) is 0. The molecule has 0 atom stereocenters. The lowest BCUT2D eigenvalue weighted by Gasteiger charge is -2.19. The van der Waals surface area contributed by atoms with E-state index < -0.39 is 11.7 Å². The Kier molecular flexibility index (Phi) is 6.49. The third-order valence-electron chi connectivity index (χ3n) is 3.82. The molecule has 0 aliphatic carbocycles. The van der Waals surface area contributed by atoms with E-state index in [4.69, 9.17) is 18.9 Å². The highest BCUT2D eigenvalue weighted by molar-refractivity contribution is 5.67. The van der Waals surface area contributed by atoms with Crippen molar-refractivity contribution in [1.29, 1.82) is 0 Å². The number of aromatic nitrogens is 1. The number of rotatable bonds is 6. The van der Waals surface area contributed by atoms with E-state index in [0.717, 1.165) is 16.8 Å². The number of carbonyl (C=O) groups is 1. The Bertz CT molecular complexity index is 797. The molecule has 1 fully saturated rings. The first-order valence-corrected chi connectivity index (χ1v) is 9.31. The third kappa shape index (κ3) is 5.94. The molecular weight excluding hydrogens is 360 g/mol. The SMILES string of the molecule is CC(C)(C)OC(=O)NCCOc1cccc(-c2cccc(C3OCCO3)c2)n1. The second-order valence-electron chi connectivity index (χ2n) is 7.34. The summed E-state index contributed by atoms with van der Waals surface area (Å²) in [6.07, 6.45) is -0.788. The maximum Gasteiger partial charge on any atom is 0.407 e. The minimum atomic E-state index is -0.524. The highest BCUT2D eigenvalue weighted by Crippen LogP contribution is 2.27. The van der Waals surface area contributed by atoms with Gasteiger partial charge in [0, 0.05) is 17.2 Å². The zero-order valence-electron chi connectivity index (χ0n) is 16.4. The summed E-state index contributed by atoms with van der Waals surface area (Å²) in [5.74, 6) is 0.488. The van der Waals surface area contributed by atoms with Gasteiger partial charge < -0.3 is 24.3 Å². The van der Waals surface area contributed by atoms with Gasteiger partial charge in [0.1, 0.15) is 12.2 Å². The Balaban J connectivity index is 1.56. The fourth-order valence-corrected chi connectivity index (χ4v) is 2.67. The van der Waals surface area contributed by atoms with Gasteiger partial charge >= 0.3 is 6.09 Å². The van der Waals surface area contributed by atoms with E-state index in [1.807, 2.05) is 57.2 Å². The monoisotopic (exact) mass is 386 g/mol. The fraction of sp³-hybridized carbons (Fsp3) is 0.429. The van der Waals surface area contributed by atoms with Crippen LogP contribution in [0, 0.1) is 0 Å². The van der Waals surface area contributed by atoms with Crippen LogP contribution in [-0.2, 0) is 14.2 Å². The van der Waals surface area contributed by atoms with Crippen LogP contribution in [0.25, 0.3) is 11.3 Å². The zero-order chi connectivity index (χ0) is 20.0. The van der Waals surface area contributed by atoms with Gasteiger partial charge in [-0.15, -0.1) is 0 Å². The molecule has 2 aromatic rings. The van der Waals surface area contributed by atoms with Crippen LogP contribution in [0.4, 0.5) is 4.79 Å². The van der Waals surface area contributed by atoms with Crippen molar-refractivity contribution >= 4 is 6.09 Å². The van der Waals surface area contributed by atoms with Crippen LogP contribution in [0.3, 0.4) is 0 Å². The number of amides is 1. The van der Waals surface area contributed by atoms with Crippen molar-refractivity contribution in [2.45, 2.75) is 32.7 Å². The normalized spacial score (nSPS) is 14.7. The molecule has 1 N–H and O–H groups in total. The molecule has 1 amide bonds. The van der Waals surface area contributed by atoms with Crippen molar-refractivity contribution in [2.24, 2.45) is 0 Å². The summed E-state index contributed by atoms with van der Waals surface area (Å²) in [6, 6.07) is 13.5. The van der Waals surface area contributed by atoms with Crippen LogP contribution in [0.2, 0.25) is 0 Å². The Morgan fingerprint density at radius 2 is 1.93 bits per heavy atom. The lowest BCUT2D eigenvalue weighted by molar-refractivity contribution is -0.0440. The third-order valence-corrected chi connectivity index (χ3v) is 3.82. The number of ether oxygens (including phenoxy) is 4. The molecule has 7 heteroatoms. The van der Waals surface area contributed by atoms with Crippen LogP contribution in [-0.4, -0.2) is 43.0 Å². The van der Waals surface area contributed by atoms with Gasteiger partial charge in [0.15, 0.2) is 6.29 Å². The van der Waals surface area contributed by atoms with Crippen LogP contribution >= 0.6 is 0 Å². The lowest BCUT2D eigenvalue weighted by atomic mass is 10.1. The minimum absolute atomic E-state index is 0.291. The molecule has 2 heterocycles. The zero-order valence-corrected chi connectivity index (χ0v) is 16.4. The van der Waals surface area contributed by atoms with E-state index in [1.165, 1.54) is 0 Å². The van der Waals surface area contributed by atoms with Crippen molar-refractivity contribution in [1.82, 2.24) is 10.3 Å². The Labute approximate surface area is 165 Å². The second kappa shape index (κ2) is 9.03. The van der Waals surface area contributed by atoms with Gasteiger partial charge in [0.05, 0.1) is 25.5 Å². The highest BCUT2D eigenvalue weighted by Gasteiger charge is 2.19. The molecule has 0 bridgehead atoms. The topological polar surface area (TPSA) is 78.9 Å².